The lowest BCUT2D eigenvalue weighted by atomic mass is 9.97. The maximum absolute atomic E-state index is 12.3. The number of carbonyl (C=O) groups is 1. The molecule has 5 heteroatoms. The fourth-order valence-electron chi connectivity index (χ4n) is 3.26. The molecule has 1 amide bonds. The standard InChI is InChI=1S/C19H24N2O3/c1-14-5-2-8-17(18(14)22)19(23)20-11-15-6-3-9-21(12-15)13-16-7-4-10-24-16/h2,4-5,7-8,10,15,22H,3,6,9,11-13H2,1H3,(H,20,23)/t15-/m1/s1. The third kappa shape index (κ3) is 3.97. The molecule has 0 spiro atoms. The number of piperidine rings is 1. The van der Waals surface area contributed by atoms with Gasteiger partial charge < -0.3 is 14.8 Å². The van der Waals surface area contributed by atoms with E-state index < -0.39 is 0 Å². The molecule has 0 aliphatic carbocycles. The summed E-state index contributed by atoms with van der Waals surface area (Å²) < 4.78 is 5.41. The number of nitrogens with zero attached hydrogens (tertiary/aromatic N) is 1. The third-order valence-electron chi connectivity index (χ3n) is 4.60. The number of furan rings is 1. The van der Waals surface area contributed by atoms with Crippen LogP contribution < -0.4 is 5.32 Å². The summed E-state index contributed by atoms with van der Waals surface area (Å²) in [4.78, 5) is 14.7. The molecule has 24 heavy (non-hydrogen) atoms. The number of nitrogens with one attached hydrogen (secondary N) is 1. The monoisotopic (exact) mass is 328 g/mol. The van der Waals surface area contributed by atoms with E-state index in [9.17, 15) is 9.90 Å². The van der Waals surface area contributed by atoms with E-state index in [2.05, 4.69) is 10.2 Å². The normalized spacial score (nSPS) is 18.5. The summed E-state index contributed by atoms with van der Waals surface area (Å²) in [5, 5.41) is 13.0. The van der Waals surface area contributed by atoms with Crippen LogP contribution >= 0.6 is 0 Å². The maximum Gasteiger partial charge on any atom is 0.255 e. The van der Waals surface area contributed by atoms with Crippen molar-refractivity contribution >= 4 is 5.91 Å². The summed E-state index contributed by atoms with van der Waals surface area (Å²) >= 11 is 0. The molecule has 0 radical (unpaired) electrons. The Kier molecular flexibility index (Phi) is 5.20. The number of benzene rings is 1. The summed E-state index contributed by atoms with van der Waals surface area (Å²) in [6.45, 7) is 5.24. The predicted molar refractivity (Wildman–Crippen MR) is 91.9 cm³/mol. The Labute approximate surface area is 142 Å². The average molecular weight is 328 g/mol. The van der Waals surface area contributed by atoms with Crippen LogP contribution in [0.3, 0.4) is 0 Å². The first kappa shape index (κ1) is 16.6. The summed E-state index contributed by atoms with van der Waals surface area (Å²) in [7, 11) is 0. The molecule has 5 nitrogen and oxygen atoms in total. The van der Waals surface area contributed by atoms with Gasteiger partial charge in [0.25, 0.3) is 5.91 Å². The lowest BCUT2D eigenvalue weighted by molar-refractivity contribution is 0.0925. The maximum atomic E-state index is 12.3. The van der Waals surface area contributed by atoms with E-state index in [-0.39, 0.29) is 11.7 Å². The first-order valence-corrected chi connectivity index (χ1v) is 8.45. The van der Waals surface area contributed by atoms with Gasteiger partial charge in [-0.2, -0.15) is 0 Å². The van der Waals surface area contributed by atoms with Gasteiger partial charge >= 0.3 is 0 Å². The van der Waals surface area contributed by atoms with Gasteiger partial charge in [-0.25, -0.2) is 0 Å². The third-order valence-corrected chi connectivity index (χ3v) is 4.60. The van der Waals surface area contributed by atoms with Gasteiger partial charge in [-0.05, 0) is 56.0 Å². The van der Waals surface area contributed by atoms with Crippen molar-refractivity contribution in [3.05, 3.63) is 53.5 Å². The molecule has 128 valence electrons. The van der Waals surface area contributed by atoms with E-state index in [1.54, 1.807) is 31.4 Å². The molecular formula is C19H24N2O3. The molecule has 1 aliphatic rings. The van der Waals surface area contributed by atoms with Crippen molar-refractivity contribution in [3.63, 3.8) is 0 Å². The summed E-state index contributed by atoms with van der Waals surface area (Å²) in [6.07, 6.45) is 3.93. The fourth-order valence-corrected chi connectivity index (χ4v) is 3.26. The van der Waals surface area contributed by atoms with Crippen molar-refractivity contribution < 1.29 is 14.3 Å². The highest BCUT2D eigenvalue weighted by atomic mass is 16.3. The van der Waals surface area contributed by atoms with Gasteiger partial charge in [0, 0.05) is 13.1 Å². The number of carbonyl (C=O) groups excluding carboxylic acids is 1. The molecule has 0 saturated carbocycles. The zero-order valence-corrected chi connectivity index (χ0v) is 14.0. The van der Waals surface area contributed by atoms with Gasteiger partial charge in [0.05, 0.1) is 18.4 Å². The lowest BCUT2D eigenvalue weighted by Gasteiger charge is -2.32. The van der Waals surface area contributed by atoms with Gasteiger partial charge in [-0.1, -0.05) is 12.1 Å². The Morgan fingerprint density at radius 2 is 2.25 bits per heavy atom. The number of phenolic OH excluding ortho intramolecular Hbond substituents is 1. The van der Waals surface area contributed by atoms with E-state index in [1.165, 1.54) is 0 Å². The second-order valence-electron chi connectivity index (χ2n) is 6.50. The number of hydrogen-bond acceptors (Lipinski definition) is 4. The topological polar surface area (TPSA) is 65.7 Å². The average Bonchev–Trinajstić information content (AvgIpc) is 3.08. The second kappa shape index (κ2) is 7.53. The molecule has 1 aromatic carbocycles. The Bertz CT molecular complexity index is 682. The number of amides is 1. The van der Waals surface area contributed by atoms with Gasteiger partial charge in [0.2, 0.25) is 0 Å². The molecule has 1 aromatic heterocycles. The summed E-state index contributed by atoms with van der Waals surface area (Å²) in [6, 6.07) is 9.13. The highest BCUT2D eigenvalue weighted by molar-refractivity contribution is 5.97. The van der Waals surface area contributed by atoms with E-state index in [0.717, 1.165) is 38.2 Å². The Morgan fingerprint density at radius 3 is 3.04 bits per heavy atom. The zero-order valence-electron chi connectivity index (χ0n) is 14.0. The van der Waals surface area contributed by atoms with Crippen LogP contribution in [-0.4, -0.2) is 35.5 Å². The number of likely N-dealkylation sites (tertiary alicyclic amines) is 1. The van der Waals surface area contributed by atoms with Crippen LogP contribution in [0.4, 0.5) is 0 Å². The minimum atomic E-state index is -0.209. The van der Waals surface area contributed by atoms with Crippen LogP contribution in [0.15, 0.2) is 41.0 Å². The summed E-state index contributed by atoms with van der Waals surface area (Å²) in [5.74, 6) is 1.26. The molecule has 2 N–H and O–H groups in total. The van der Waals surface area contributed by atoms with Crippen LogP contribution in [0.25, 0.3) is 0 Å². The van der Waals surface area contributed by atoms with Crippen molar-refractivity contribution in [2.24, 2.45) is 5.92 Å². The summed E-state index contributed by atoms with van der Waals surface area (Å²) in [5.41, 5.74) is 1.06. The molecule has 1 saturated heterocycles. The first-order valence-electron chi connectivity index (χ1n) is 8.45. The fraction of sp³-hybridized carbons (Fsp3) is 0.421. The molecule has 1 aliphatic heterocycles. The van der Waals surface area contributed by atoms with E-state index in [4.69, 9.17) is 4.42 Å². The van der Waals surface area contributed by atoms with E-state index in [1.807, 2.05) is 12.1 Å². The predicted octanol–water partition coefficient (Wildman–Crippen LogP) is 2.94. The number of aromatic hydroxyl groups is 1. The van der Waals surface area contributed by atoms with Crippen molar-refractivity contribution in [3.8, 4) is 5.75 Å². The molecular weight excluding hydrogens is 304 g/mol. The van der Waals surface area contributed by atoms with E-state index >= 15 is 0 Å². The van der Waals surface area contributed by atoms with Gasteiger partial charge in [0.1, 0.15) is 11.5 Å². The van der Waals surface area contributed by atoms with Gasteiger partial charge in [-0.3, -0.25) is 9.69 Å². The number of aryl methyl sites for hydroxylation is 1. The molecule has 2 aromatic rings. The molecule has 0 unspecified atom stereocenters. The highest BCUT2D eigenvalue weighted by Crippen LogP contribution is 2.22. The number of phenols is 1. The number of hydrogen-bond donors (Lipinski definition) is 2. The zero-order chi connectivity index (χ0) is 16.9. The highest BCUT2D eigenvalue weighted by Gasteiger charge is 2.22. The largest absolute Gasteiger partial charge is 0.507 e. The number of para-hydroxylation sites is 1. The molecule has 1 fully saturated rings. The molecule has 3 rings (SSSR count). The van der Waals surface area contributed by atoms with Crippen LogP contribution in [0.1, 0.15) is 34.5 Å². The minimum absolute atomic E-state index is 0.0677. The SMILES string of the molecule is Cc1cccc(C(=O)NC[C@H]2CCCN(Cc3ccco3)C2)c1O. The second-order valence-corrected chi connectivity index (χ2v) is 6.50. The minimum Gasteiger partial charge on any atom is -0.507 e. The molecule has 2 heterocycles. The van der Waals surface area contributed by atoms with Crippen LogP contribution in [0.2, 0.25) is 0 Å². The van der Waals surface area contributed by atoms with Gasteiger partial charge in [-0.15, -0.1) is 0 Å². The Hall–Kier alpha value is -2.27. The molecule has 1 atom stereocenters. The van der Waals surface area contributed by atoms with Crippen molar-refractivity contribution in [1.82, 2.24) is 10.2 Å². The number of rotatable bonds is 5. The van der Waals surface area contributed by atoms with E-state index in [0.29, 0.717) is 23.6 Å². The van der Waals surface area contributed by atoms with Crippen LogP contribution in [-0.2, 0) is 6.54 Å². The Balaban J connectivity index is 1.52. The smallest absolute Gasteiger partial charge is 0.255 e. The Morgan fingerprint density at radius 1 is 1.38 bits per heavy atom. The van der Waals surface area contributed by atoms with Crippen molar-refractivity contribution in [2.45, 2.75) is 26.3 Å². The van der Waals surface area contributed by atoms with Crippen LogP contribution in [0, 0.1) is 12.8 Å². The first-order chi connectivity index (χ1) is 11.6. The van der Waals surface area contributed by atoms with Gasteiger partial charge in [0.15, 0.2) is 0 Å². The van der Waals surface area contributed by atoms with Crippen molar-refractivity contribution in [1.29, 1.82) is 0 Å². The van der Waals surface area contributed by atoms with Crippen LogP contribution in [0.5, 0.6) is 5.75 Å². The van der Waals surface area contributed by atoms with Crippen molar-refractivity contribution in [2.75, 3.05) is 19.6 Å². The quantitative estimate of drug-likeness (QED) is 0.886. The lowest BCUT2D eigenvalue weighted by Crippen LogP contribution is -2.40. The molecule has 0 bridgehead atoms.